The molecule has 5 nitrogen and oxygen atoms in total. The number of likely N-dealkylation sites (N-methyl/N-ethyl adjacent to an activating group) is 1. The zero-order chi connectivity index (χ0) is 20.9. The fraction of sp³-hybridized carbons (Fsp3) is 0.304. The lowest BCUT2D eigenvalue weighted by Gasteiger charge is -2.36. The van der Waals surface area contributed by atoms with E-state index in [1.807, 2.05) is 41.8 Å². The van der Waals surface area contributed by atoms with Crippen LogP contribution in [0.15, 0.2) is 53.9 Å². The highest BCUT2D eigenvalue weighted by molar-refractivity contribution is 7.09. The number of rotatable bonds is 6. The van der Waals surface area contributed by atoms with Gasteiger partial charge in [0.15, 0.2) is 0 Å². The van der Waals surface area contributed by atoms with Gasteiger partial charge in [0.2, 0.25) is 0 Å². The number of benzene rings is 2. The Morgan fingerprint density at radius 3 is 2.63 bits per heavy atom. The molecule has 1 saturated heterocycles. The minimum atomic E-state index is -0.207. The molecule has 0 unspecified atom stereocenters. The van der Waals surface area contributed by atoms with Crippen molar-refractivity contribution >= 4 is 40.2 Å². The topological polar surface area (TPSA) is 48.5 Å². The largest absolute Gasteiger partial charge is 0.367 e. The molecular weight excluding hydrogens is 416 g/mol. The molecule has 1 aliphatic rings. The Hall–Kier alpha value is -2.41. The van der Waals surface area contributed by atoms with Crippen molar-refractivity contribution in [2.24, 2.45) is 0 Å². The molecule has 0 saturated carbocycles. The molecule has 2 aromatic carbocycles. The summed E-state index contributed by atoms with van der Waals surface area (Å²) in [6, 6.07) is 15.8. The van der Waals surface area contributed by atoms with Gasteiger partial charge in [-0.2, -0.15) is 0 Å². The Morgan fingerprint density at radius 1 is 1.13 bits per heavy atom. The SMILES string of the molecule is CCN1CCN(c2ccc(Cl)cc2NC(=O)c2csc(Cc3ccccc3)n2)CC1. The predicted octanol–water partition coefficient (Wildman–Crippen LogP) is 4.78. The Kier molecular flexibility index (Phi) is 6.67. The van der Waals surface area contributed by atoms with Crippen molar-refractivity contribution in [2.75, 3.05) is 42.9 Å². The van der Waals surface area contributed by atoms with E-state index in [1.165, 1.54) is 16.9 Å². The Morgan fingerprint density at radius 2 is 1.90 bits per heavy atom. The van der Waals surface area contributed by atoms with Crippen LogP contribution in [-0.4, -0.2) is 48.5 Å². The number of aromatic nitrogens is 1. The van der Waals surface area contributed by atoms with Gasteiger partial charge in [0.1, 0.15) is 5.69 Å². The predicted molar refractivity (Wildman–Crippen MR) is 125 cm³/mol. The standard InChI is InChI=1S/C23H25ClN4OS/c1-2-27-10-12-28(13-11-27)21-9-8-18(24)15-19(21)26-23(29)20-16-30-22(25-20)14-17-6-4-3-5-7-17/h3-9,15-16H,2,10-14H2,1H3,(H,26,29). The van der Waals surface area contributed by atoms with E-state index in [2.05, 4.69) is 39.2 Å². The van der Waals surface area contributed by atoms with Gasteiger partial charge in [-0.1, -0.05) is 48.9 Å². The van der Waals surface area contributed by atoms with Gasteiger partial charge >= 0.3 is 0 Å². The first-order valence-electron chi connectivity index (χ1n) is 10.2. The molecule has 1 aliphatic heterocycles. The molecule has 4 rings (SSSR count). The number of piperazine rings is 1. The highest BCUT2D eigenvalue weighted by atomic mass is 35.5. The fourth-order valence-corrected chi connectivity index (χ4v) is 4.62. The highest BCUT2D eigenvalue weighted by Crippen LogP contribution is 2.30. The Bertz CT molecular complexity index is 999. The number of anilines is 2. The zero-order valence-electron chi connectivity index (χ0n) is 17.0. The van der Waals surface area contributed by atoms with Crippen molar-refractivity contribution in [1.29, 1.82) is 0 Å². The molecule has 0 atom stereocenters. The molecule has 0 aliphatic carbocycles. The number of halogens is 1. The van der Waals surface area contributed by atoms with Crippen LogP contribution in [0.25, 0.3) is 0 Å². The second-order valence-electron chi connectivity index (χ2n) is 7.33. The van der Waals surface area contributed by atoms with Crippen LogP contribution in [0.4, 0.5) is 11.4 Å². The lowest BCUT2D eigenvalue weighted by Crippen LogP contribution is -2.46. The van der Waals surface area contributed by atoms with Gasteiger partial charge in [0.05, 0.1) is 16.4 Å². The number of carbonyl (C=O) groups is 1. The van der Waals surface area contributed by atoms with Crippen molar-refractivity contribution in [1.82, 2.24) is 9.88 Å². The Labute approximate surface area is 186 Å². The molecule has 1 fully saturated rings. The molecule has 2 heterocycles. The zero-order valence-corrected chi connectivity index (χ0v) is 18.5. The number of amides is 1. The third-order valence-corrected chi connectivity index (χ3v) is 6.43. The first-order valence-corrected chi connectivity index (χ1v) is 11.4. The van der Waals surface area contributed by atoms with Crippen molar-refractivity contribution in [3.63, 3.8) is 0 Å². The molecule has 30 heavy (non-hydrogen) atoms. The van der Waals surface area contributed by atoms with Crippen LogP contribution in [0.2, 0.25) is 5.02 Å². The first-order chi connectivity index (χ1) is 14.6. The number of nitrogens with zero attached hydrogens (tertiary/aromatic N) is 3. The van der Waals surface area contributed by atoms with Crippen LogP contribution >= 0.6 is 22.9 Å². The average molecular weight is 441 g/mol. The van der Waals surface area contributed by atoms with E-state index in [1.54, 1.807) is 0 Å². The maximum atomic E-state index is 12.9. The maximum absolute atomic E-state index is 12.9. The molecule has 1 N–H and O–H groups in total. The van der Waals surface area contributed by atoms with Gasteiger partial charge in [-0.15, -0.1) is 11.3 Å². The van der Waals surface area contributed by atoms with Crippen LogP contribution in [0.5, 0.6) is 0 Å². The molecule has 0 spiro atoms. The van der Waals surface area contributed by atoms with Crippen LogP contribution in [0, 0.1) is 0 Å². The molecule has 1 aromatic heterocycles. The van der Waals surface area contributed by atoms with Crippen molar-refractivity contribution in [3.05, 3.63) is 75.2 Å². The van der Waals surface area contributed by atoms with E-state index in [0.29, 0.717) is 10.7 Å². The molecule has 3 aromatic rings. The van der Waals surface area contributed by atoms with Crippen molar-refractivity contribution < 1.29 is 4.79 Å². The summed E-state index contributed by atoms with van der Waals surface area (Å²) in [5.74, 6) is -0.207. The summed E-state index contributed by atoms with van der Waals surface area (Å²) in [7, 11) is 0. The van der Waals surface area contributed by atoms with Crippen molar-refractivity contribution in [3.8, 4) is 0 Å². The van der Waals surface area contributed by atoms with E-state index in [9.17, 15) is 4.79 Å². The summed E-state index contributed by atoms with van der Waals surface area (Å²) in [6.07, 6.45) is 0.725. The smallest absolute Gasteiger partial charge is 0.275 e. The van der Waals surface area contributed by atoms with Gasteiger partial charge in [0, 0.05) is 43.0 Å². The van der Waals surface area contributed by atoms with E-state index in [-0.39, 0.29) is 5.91 Å². The molecule has 1 amide bonds. The number of hydrogen-bond donors (Lipinski definition) is 1. The van der Waals surface area contributed by atoms with Crippen LogP contribution in [0.3, 0.4) is 0 Å². The second kappa shape index (κ2) is 9.60. The van der Waals surface area contributed by atoms with Gasteiger partial charge in [-0.3, -0.25) is 4.79 Å². The maximum Gasteiger partial charge on any atom is 0.275 e. The van der Waals surface area contributed by atoms with Gasteiger partial charge < -0.3 is 15.1 Å². The van der Waals surface area contributed by atoms with E-state index < -0.39 is 0 Å². The monoisotopic (exact) mass is 440 g/mol. The van der Waals surface area contributed by atoms with Crippen LogP contribution in [-0.2, 0) is 6.42 Å². The number of nitrogens with one attached hydrogen (secondary N) is 1. The van der Waals surface area contributed by atoms with Gasteiger partial charge in [-0.25, -0.2) is 4.98 Å². The summed E-state index contributed by atoms with van der Waals surface area (Å²) in [5, 5.41) is 6.38. The van der Waals surface area contributed by atoms with E-state index in [0.717, 1.165) is 55.5 Å². The number of hydrogen-bond acceptors (Lipinski definition) is 5. The molecule has 156 valence electrons. The molecule has 0 bridgehead atoms. The van der Waals surface area contributed by atoms with Gasteiger partial charge in [-0.05, 0) is 30.3 Å². The van der Waals surface area contributed by atoms with Crippen LogP contribution in [0.1, 0.15) is 28.0 Å². The molecule has 7 heteroatoms. The Balaban J connectivity index is 1.47. The number of thiazole rings is 1. The van der Waals surface area contributed by atoms with Gasteiger partial charge in [0.25, 0.3) is 5.91 Å². The van der Waals surface area contributed by atoms with Crippen LogP contribution < -0.4 is 10.2 Å². The van der Waals surface area contributed by atoms with E-state index >= 15 is 0 Å². The second-order valence-corrected chi connectivity index (χ2v) is 8.70. The van der Waals surface area contributed by atoms with Crippen molar-refractivity contribution in [2.45, 2.75) is 13.3 Å². The molecular formula is C23H25ClN4OS. The first kappa shape index (κ1) is 20.8. The highest BCUT2D eigenvalue weighted by Gasteiger charge is 2.20. The molecule has 0 radical (unpaired) electrons. The summed E-state index contributed by atoms with van der Waals surface area (Å²) >= 11 is 7.74. The lowest BCUT2D eigenvalue weighted by molar-refractivity contribution is 0.102. The lowest BCUT2D eigenvalue weighted by atomic mass is 10.2. The third-order valence-electron chi connectivity index (χ3n) is 5.35. The van der Waals surface area contributed by atoms with E-state index in [4.69, 9.17) is 11.6 Å². The number of carbonyl (C=O) groups excluding carboxylic acids is 1. The summed E-state index contributed by atoms with van der Waals surface area (Å²) in [5.41, 5.74) is 3.35. The summed E-state index contributed by atoms with van der Waals surface area (Å²) in [6.45, 7) is 7.13. The average Bonchev–Trinajstić information content (AvgIpc) is 3.23. The quantitative estimate of drug-likeness (QED) is 0.599. The summed E-state index contributed by atoms with van der Waals surface area (Å²) in [4.78, 5) is 22.2. The minimum Gasteiger partial charge on any atom is -0.367 e. The minimum absolute atomic E-state index is 0.207. The third kappa shape index (κ3) is 5.01. The normalized spacial score (nSPS) is 14.7. The summed E-state index contributed by atoms with van der Waals surface area (Å²) < 4.78 is 0. The fourth-order valence-electron chi connectivity index (χ4n) is 3.64.